The molecule has 0 saturated heterocycles. The van der Waals surface area contributed by atoms with Crippen LogP contribution < -0.4 is 0 Å². The summed E-state index contributed by atoms with van der Waals surface area (Å²) in [5.41, 5.74) is -0.902. The molecule has 0 spiro atoms. The van der Waals surface area contributed by atoms with E-state index in [4.69, 9.17) is 4.74 Å². The first-order valence-electron chi connectivity index (χ1n) is 4.92. The van der Waals surface area contributed by atoms with Gasteiger partial charge in [0.1, 0.15) is 17.8 Å². The van der Waals surface area contributed by atoms with E-state index in [1.54, 1.807) is 6.92 Å². The Bertz CT molecular complexity index is 257. The van der Waals surface area contributed by atoms with Crippen LogP contribution in [-0.4, -0.2) is 18.4 Å². The van der Waals surface area contributed by atoms with E-state index in [0.29, 0.717) is 12.8 Å². The predicted octanol–water partition coefficient (Wildman–Crippen LogP) is 1.86. The summed E-state index contributed by atoms with van der Waals surface area (Å²) >= 11 is 0. The first kappa shape index (κ1) is 11.0. The number of ether oxygens (including phenoxy) is 1. The Hall–Kier alpha value is -1.12. The van der Waals surface area contributed by atoms with Crippen LogP contribution in [0, 0.1) is 5.41 Å². The summed E-state index contributed by atoms with van der Waals surface area (Å²) in [6.07, 6.45) is 4.44. The van der Waals surface area contributed by atoms with Crippen molar-refractivity contribution >= 4 is 11.8 Å². The number of carbonyl (C=O) groups excluding carboxylic acids is 2. The van der Waals surface area contributed by atoms with Crippen molar-refractivity contribution in [1.29, 1.82) is 0 Å². The summed E-state index contributed by atoms with van der Waals surface area (Å²) in [6.45, 7) is 5.32. The third-order valence-corrected chi connectivity index (χ3v) is 2.73. The van der Waals surface area contributed by atoms with Crippen LogP contribution in [0.4, 0.5) is 0 Å². The second-order valence-corrected chi connectivity index (χ2v) is 3.85. The Morgan fingerprint density at radius 1 is 1.64 bits per heavy atom. The Morgan fingerprint density at radius 3 is 2.93 bits per heavy atom. The molecule has 0 N–H and O–H groups in total. The van der Waals surface area contributed by atoms with Crippen molar-refractivity contribution in [1.82, 2.24) is 0 Å². The Kier molecular flexibility index (Phi) is 3.44. The van der Waals surface area contributed by atoms with Crippen molar-refractivity contribution in [3.8, 4) is 0 Å². The summed E-state index contributed by atoms with van der Waals surface area (Å²) in [7, 11) is 0. The lowest BCUT2D eigenvalue weighted by Crippen LogP contribution is -2.40. The quantitative estimate of drug-likeness (QED) is 0.393. The van der Waals surface area contributed by atoms with E-state index in [2.05, 4.69) is 6.58 Å². The highest BCUT2D eigenvalue weighted by Crippen LogP contribution is 2.33. The maximum atomic E-state index is 11.6. The maximum Gasteiger partial charge on any atom is 0.319 e. The van der Waals surface area contributed by atoms with E-state index < -0.39 is 11.4 Å². The molecular weight excluding hydrogens is 180 g/mol. The van der Waals surface area contributed by atoms with Gasteiger partial charge in [0.15, 0.2) is 0 Å². The monoisotopic (exact) mass is 196 g/mol. The number of hydrogen-bond donors (Lipinski definition) is 0. The van der Waals surface area contributed by atoms with E-state index in [0.717, 1.165) is 12.8 Å². The third kappa shape index (κ3) is 2.03. The average Bonchev–Trinajstić information content (AvgIpc) is 2.19. The fourth-order valence-corrected chi connectivity index (χ4v) is 1.69. The molecule has 0 aromatic heterocycles. The minimum absolute atomic E-state index is 0.0119. The van der Waals surface area contributed by atoms with Gasteiger partial charge in [-0.3, -0.25) is 9.59 Å². The largest absolute Gasteiger partial charge is 0.461 e. The standard InChI is InChI=1S/C11H16O3/c1-3-8-14-10(13)11(2)7-5-4-6-9(11)12/h3H,1,4-8H2,2H3/t11-/m0/s1. The van der Waals surface area contributed by atoms with Crippen molar-refractivity contribution in [3.05, 3.63) is 12.7 Å². The van der Waals surface area contributed by atoms with Crippen LogP contribution in [0.25, 0.3) is 0 Å². The predicted molar refractivity (Wildman–Crippen MR) is 52.7 cm³/mol. The normalized spacial score (nSPS) is 27.1. The summed E-state index contributed by atoms with van der Waals surface area (Å²) < 4.78 is 4.93. The summed E-state index contributed by atoms with van der Waals surface area (Å²) in [4.78, 5) is 23.2. The van der Waals surface area contributed by atoms with Crippen molar-refractivity contribution in [2.24, 2.45) is 5.41 Å². The summed E-state index contributed by atoms with van der Waals surface area (Å²) in [5, 5.41) is 0. The van der Waals surface area contributed by atoms with Crippen LogP contribution in [-0.2, 0) is 14.3 Å². The van der Waals surface area contributed by atoms with Crippen LogP contribution in [0.3, 0.4) is 0 Å². The molecule has 0 unspecified atom stereocenters. The summed E-state index contributed by atoms with van der Waals surface area (Å²) in [5.74, 6) is -0.389. The van der Waals surface area contributed by atoms with E-state index in [9.17, 15) is 9.59 Å². The molecule has 0 aromatic carbocycles. The number of hydrogen-bond acceptors (Lipinski definition) is 3. The van der Waals surface area contributed by atoms with Gasteiger partial charge in [0.25, 0.3) is 0 Å². The number of rotatable bonds is 3. The third-order valence-electron chi connectivity index (χ3n) is 2.73. The second-order valence-electron chi connectivity index (χ2n) is 3.85. The molecule has 1 aliphatic rings. The van der Waals surface area contributed by atoms with Crippen LogP contribution in [0.15, 0.2) is 12.7 Å². The molecule has 1 rings (SSSR count). The first-order chi connectivity index (χ1) is 6.61. The van der Waals surface area contributed by atoms with Crippen molar-refractivity contribution < 1.29 is 14.3 Å². The Labute approximate surface area is 84.1 Å². The minimum Gasteiger partial charge on any atom is -0.461 e. The van der Waals surface area contributed by atoms with E-state index >= 15 is 0 Å². The number of ketones is 1. The SMILES string of the molecule is C=CCOC(=O)[C@@]1(C)CCCCC1=O. The molecule has 0 aromatic rings. The lowest BCUT2D eigenvalue weighted by Gasteiger charge is -2.29. The highest BCUT2D eigenvalue weighted by Gasteiger charge is 2.43. The minimum atomic E-state index is -0.902. The fraction of sp³-hybridized carbons (Fsp3) is 0.636. The van der Waals surface area contributed by atoms with Crippen LogP contribution in [0.2, 0.25) is 0 Å². The number of carbonyl (C=O) groups is 2. The van der Waals surface area contributed by atoms with Gasteiger partial charge in [-0.2, -0.15) is 0 Å². The van der Waals surface area contributed by atoms with Gasteiger partial charge in [0.05, 0.1) is 0 Å². The Morgan fingerprint density at radius 2 is 2.36 bits per heavy atom. The molecule has 0 heterocycles. The zero-order valence-electron chi connectivity index (χ0n) is 8.54. The maximum absolute atomic E-state index is 11.6. The van der Waals surface area contributed by atoms with Gasteiger partial charge in [0, 0.05) is 6.42 Å². The average molecular weight is 196 g/mol. The molecule has 0 amide bonds. The van der Waals surface area contributed by atoms with Gasteiger partial charge in [0.2, 0.25) is 0 Å². The molecule has 3 heteroatoms. The molecule has 3 nitrogen and oxygen atoms in total. The molecular formula is C11H16O3. The summed E-state index contributed by atoms with van der Waals surface area (Å²) in [6, 6.07) is 0. The van der Waals surface area contributed by atoms with Gasteiger partial charge in [-0.15, -0.1) is 0 Å². The molecule has 0 radical (unpaired) electrons. The molecule has 1 saturated carbocycles. The molecule has 0 bridgehead atoms. The smallest absolute Gasteiger partial charge is 0.319 e. The van der Waals surface area contributed by atoms with Gasteiger partial charge >= 0.3 is 5.97 Å². The molecule has 14 heavy (non-hydrogen) atoms. The van der Waals surface area contributed by atoms with Gasteiger partial charge in [-0.05, 0) is 19.8 Å². The van der Waals surface area contributed by atoms with Crippen LogP contribution >= 0.6 is 0 Å². The van der Waals surface area contributed by atoms with Crippen LogP contribution in [0.1, 0.15) is 32.6 Å². The van der Waals surface area contributed by atoms with E-state index in [-0.39, 0.29) is 12.4 Å². The molecule has 1 atom stereocenters. The number of esters is 1. The highest BCUT2D eigenvalue weighted by atomic mass is 16.5. The van der Waals surface area contributed by atoms with Gasteiger partial charge < -0.3 is 4.74 Å². The zero-order valence-corrected chi connectivity index (χ0v) is 8.54. The van der Waals surface area contributed by atoms with Crippen molar-refractivity contribution in [2.45, 2.75) is 32.6 Å². The van der Waals surface area contributed by atoms with E-state index in [1.165, 1.54) is 6.08 Å². The molecule has 1 fully saturated rings. The van der Waals surface area contributed by atoms with Gasteiger partial charge in [-0.25, -0.2) is 0 Å². The lowest BCUT2D eigenvalue weighted by atomic mass is 9.75. The number of Topliss-reactive ketones (excluding diaryl/α,β-unsaturated/α-hetero) is 1. The van der Waals surface area contributed by atoms with Crippen LogP contribution in [0.5, 0.6) is 0 Å². The first-order valence-corrected chi connectivity index (χ1v) is 4.92. The fourth-order valence-electron chi connectivity index (χ4n) is 1.69. The van der Waals surface area contributed by atoms with Crippen molar-refractivity contribution in [3.63, 3.8) is 0 Å². The zero-order chi connectivity index (χ0) is 10.6. The van der Waals surface area contributed by atoms with Gasteiger partial charge in [-0.1, -0.05) is 19.1 Å². The molecule has 78 valence electrons. The van der Waals surface area contributed by atoms with Crippen molar-refractivity contribution in [2.75, 3.05) is 6.61 Å². The Balaban J connectivity index is 2.66. The second kappa shape index (κ2) is 4.40. The highest BCUT2D eigenvalue weighted by molar-refractivity contribution is 6.03. The lowest BCUT2D eigenvalue weighted by molar-refractivity contribution is -0.160. The molecule has 0 aliphatic heterocycles. The molecule has 1 aliphatic carbocycles. The van der Waals surface area contributed by atoms with E-state index in [1.807, 2.05) is 0 Å². The topological polar surface area (TPSA) is 43.4 Å².